The average molecular weight is 356 g/mol. The van der Waals surface area contributed by atoms with Crippen LogP contribution in [0.1, 0.15) is 11.3 Å². The predicted molar refractivity (Wildman–Crippen MR) is 81.7 cm³/mol. The number of fused-ring (bicyclic) bond motifs is 1. The summed E-state index contributed by atoms with van der Waals surface area (Å²) in [4.78, 5) is 0. The largest absolute Gasteiger partial charge is 0.418 e. The second-order valence-corrected chi connectivity index (χ2v) is 6.75. The number of sulfonamides is 1. The Morgan fingerprint density at radius 3 is 2.46 bits per heavy atom. The minimum atomic E-state index is -4.67. The van der Waals surface area contributed by atoms with Crippen LogP contribution in [-0.2, 0) is 22.0 Å². The van der Waals surface area contributed by atoms with Crippen LogP contribution < -0.4 is 4.72 Å². The molecule has 0 fully saturated rings. The number of halogens is 3. The Bertz CT molecular complexity index is 981. The molecular formula is C15H11F3N2O3S. The van der Waals surface area contributed by atoms with Crippen molar-refractivity contribution in [1.29, 1.82) is 0 Å². The third-order valence-electron chi connectivity index (χ3n) is 3.28. The Kier molecular flexibility index (Phi) is 3.96. The maximum atomic E-state index is 12.9. The van der Waals surface area contributed by atoms with Crippen LogP contribution in [0.5, 0.6) is 0 Å². The Labute approximate surface area is 135 Å². The lowest BCUT2D eigenvalue weighted by molar-refractivity contribution is -0.136. The number of hydrogen-bond acceptors (Lipinski definition) is 4. The second kappa shape index (κ2) is 5.82. The van der Waals surface area contributed by atoms with Crippen molar-refractivity contribution >= 4 is 26.7 Å². The lowest BCUT2D eigenvalue weighted by Gasteiger charge is -2.14. The van der Waals surface area contributed by atoms with Gasteiger partial charge in [0.25, 0.3) is 0 Å². The zero-order valence-electron chi connectivity index (χ0n) is 12.0. The van der Waals surface area contributed by atoms with Gasteiger partial charge in [0.05, 0.1) is 11.3 Å². The van der Waals surface area contributed by atoms with E-state index in [1.54, 1.807) is 24.3 Å². The van der Waals surface area contributed by atoms with E-state index in [-0.39, 0.29) is 5.69 Å². The van der Waals surface area contributed by atoms with E-state index in [1.165, 1.54) is 12.1 Å². The molecule has 3 aromatic rings. The summed E-state index contributed by atoms with van der Waals surface area (Å²) in [7, 11) is -4.10. The van der Waals surface area contributed by atoms with Gasteiger partial charge in [-0.15, -0.1) is 0 Å². The summed E-state index contributed by atoms with van der Waals surface area (Å²) in [5, 5.41) is 4.17. The van der Waals surface area contributed by atoms with Crippen LogP contribution in [0.4, 0.5) is 18.9 Å². The summed E-state index contributed by atoms with van der Waals surface area (Å²) in [6, 6.07) is 11.0. The molecule has 0 saturated carbocycles. The second-order valence-electron chi connectivity index (χ2n) is 5.03. The number of benzene rings is 2. The molecule has 0 atom stereocenters. The first-order valence-corrected chi connectivity index (χ1v) is 8.41. The number of anilines is 1. The highest BCUT2D eigenvalue weighted by Crippen LogP contribution is 2.35. The molecular weight excluding hydrogens is 345 g/mol. The first-order valence-electron chi connectivity index (χ1n) is 6.76. The number of aromatic nitrogens is 1. The van der Waals surface area contributed by atoms with Gasteiger partial charge in [-0.2, -0.15) is 13.2 Å². The molecule has 0 amide bonds. The molecule has 3 rings (SSSR count). The van der Waals surface area contributed by atoms with Crippen LogP contribution in [0.2, 0.25) is 0 Å². The van der Waals surface area contributed by atoms with Gasteiger partial charge >= 0.3 is 6.18 Å². The standard InChI is InChI=1S/C15H11F3N2O3S/c16-15(17,18)11-6-2-3-7-12(11)20-24(21,22)9-13-10-5-1-4-8-14(10)23-19-13/h1-8,20H,9H2. The summed E-state index contributed by atoms with van der Waals surface area (Å²) in [6.07, 6.45) is -4.67. The quantitative estimate of drug-likeness (QED) is 0.772. The Hall–Kier alpha value is -2.55. The van der Waals surface area contributed by atoms with E-state index in [4.69, 9.17) is 4.52 Å². The molecule has 0 radical (unpaired) electrons. The number of rotatable bonds is 4. The summed E-state index contributed by atoms with van der Waals surface area (Å²) >= 11 is 0. The average Bonchev–Trinajstić information content (AvgIpc) is 2.89. The molecule has 1 heterocycles. The van der Waals surface area contributed by atoms with Crippen molar-refractivity contribution in [3.63, 3.8) is 0 Å². The molecule has 1 N–H and O–H groups in total. The Morgan fingerprint density at radius 1 is 1.04 bits per heavy atom. The van der Waals surface area contributed by atoms with Gasteiger partial charge in [-0.05, 0) is 24.3 Å². The smallest absolute Gasteiger partial charge is 0.356 e. The SMILES string of the molecule is O=S(=O)(Cc1noc2ccccc12)Nc1ccccc1C(F)(F)F. The van der Waals surface area contributed by atoms with E-state index in [2.05, 4.69) is 5.16 Å². The molecule has 0 aliphatic carbocycles. The van der Waals surface area contributed by atoms with Crippen molar-refractivity contribution in [2.24, 2.45) is 0 Å². The molecule has 0 saturated heterocycles. The molecule has 0 unspecified atom stereocenters. The molecule has 126 valence electrons. The van der Waals surface area contributed by atoms with Gasteiger partial charge in [-0.25, -0.2) is 8.42 Å². The maximum Gasteiger partial charge on any atom is 0.418 e. The number of nitrogens with one attached hydrogen (secondary N) is 1. The van der Waals surface area contributed by atoms with Crippen LogP contribution in [0.3, 0.4) is 0 Å². The summed E-state index contributed by atoms with van der Waals surface area (Å²) < 4.78 is 70.3. The lowest BCUT2D eigenvalue weighted by atomic mass is 10.2. The zero-order valence-corrected chi connectivity index (χ0v) is 12.9. The van der Waals surface area contributed by atoms with Crippen molar-refractivity contribution in [1.82, 2.24) is 5.16 Å². The molecule has 9 heteroatoms. The number of nitrogens with zero attached hydrogens (tertiary/aromatic N) is 1. The Morgan fingerprint density at radius 2 is 1.71 bits per heavy atom. The highest BCUT2D eigenvalue weighted by molar-refractivity contribution is 7.91. The van der Waals surface area contributed by atoms with Crippen molar-refractivity contribution < 1.29 is 26.1 Å². The molecule has 0 spiro atoms. The van der Waals surface area contributed by atoms with E-state index >= 15 is 0 Å². The van der Waals surface area contributed by atoms with Crippen molar-refractivity contribution in [3.8, 4) is 0 Å². The highest BCUT2D eigenvalue weighted by Gasteiger charge is 2.34. The van der Waals surface area contributed by atoms with E-state index in [1.807, 2.05) is 4.72 Å². The summed E-state index contributed by atoms with van der Waals surface area (Å²) in [5.41, 5.74) is -1.06. The minimum absolute atomic E-state index is 0.127. The maximum absolute atomic E-state index is 12.9. The number of para-hydroxylation sites is 2. The molecule has 5 nitrogen and oxygen atoms in total. The number of alkyl halides is 3. The fourth-order valence-corrected chi connectivity index (χ4v) is 3.40. The van der Waals surface area contributed by atoms with Gasteiger partial charge in [0.15, 0.2) is 5.58 Å². The van der Waals surface area contributed by atoms with E-state index < -0.39 is 33.2 Å². The minimum Gasteiger partial charge on any atom is -0.356 e. The summed E-state index contributed by atoms with van der Waals surface area (Å²) in [5.74, 6) is -0.601. The topological polar surface area (TPSA) is 72.2 Å². The van der Waals surface area contributed by atoms with Crippen LogP contribution >= 0.6 is 0 Å². The van der Waals surface area contributed by atoms with E-state index in [0.29, 0.717) is 11.0 Å². The Balaban J connectivity index is 1.90. The molecule has 24 heavy (non-hydrogen) atoms. The van der Waals surface area contributed by atoms with Gasteiger partial charge in [-0.1, -0.05) is 29.4 Å². The fourth-order valence-electron chi connectivity index (χ4n) is 2.25. The first-order chi connectivity index (χ1) is 11.3. The summed E-state index contributed by atoms with van der Waals surface area (Å²) in [6.45, 7) is 0. The molecule has 0 aliphatic heterocycles. The lowest BCUT2D eigenvalue weighted by Crippen LogP contribution is -2.18. The molecule has 1 aromatic heterocycles. The van der Waals surface area contributed by atoms with Crippen LogP contribution in [0, 0.1) is 0 Å². The third-order valence-corrected chi connectivity index (χ3v) is 4.46. The van der Waals surface area contributed by atoms with Crippen molar-refractivity contribution in [3.05, 3.63) is 59.8 Å². The first kappa shape index (κ1) is 16.3. The number of hydrogen-bond donors (Lipinski definition) is 1. The monoisotopic (exact) mass is 356 g/mol. The van der Waals surface area contributed by atoms with Crippen molar-refractivity contribution in [2.45, 2.75) is 11.9 Å². The van der Waals surface area contributed by atoms with Gasteiger partial charge in [0.2, 0.25) is 10.0 Å². The van der Waals surface area contributed by atoms with E-state index in [9.17, 15) is 21.6 Å². The normalized spacial score (nSPS) is 12.5. The zero-order chi connectivity index (χ0) is 17.4. The van der Waals surface area contributed by atoms with Gasteiger partial charge in [0.1, 0.15) is 11.4 Å². The predicted octanol–water partition coefficient (Wildman–Crippen LogP) is 3.79. The molecule has 0 aliphatic rings. The van der Waals surface area contributed by atoms with Gasteiger partial charge in [-0.3, -0.25) is 4.72 Å². The van der Waals surface area contributed by atoms with Gasteiger partial charge < -0.3 is 4.52 Å². The highest BCUT2D eigenvalue weighted by atomic mass is 32.2. The molecule has 2 aromatic carbocycles. The molecule has 0 bridgehead atoms. The van der Waals surface area contributed by atoms with Crippen LogP contribution in [0.25, 0.3) is 11.0 Å². The van der Waals surface area contributed by atoms with E-state index in [0.717, 1.165) is 12.1 Å². The van der Waals surface area contributed by atoms with Gasteiger partial charge in [0, 0.05) is 5.39 Å². The van der Waals surface area contributed by atoms with Crippen LogP contribution in [-0.4, -0.2) is 13.6 Å². The van der Waals surface area contributed by atoms with Crippen LogP contribution in [0.15, 0.2) is 53.1 Å². The van der Waals surface area contributed by atoms with Crippen molar-refractivity contribution in [2.75, 3.05) is 4.72 Å². The third kappa shape index (κ3) is 3.35. The fraction of sp³-hybridized carbons (Fsp3) is 0.133.